The molecule has 4 heteroatoms. The lowest BCUT2D eigenvalue weighted by molar-refractivity contribution is -0.188. The molecule has 18 atom stereocenters. The molecule has 0 aromatic heterocycles. The van der Waals surface area contributed by atoms with E-state index in [1.807, 2.05) is 11.1 Å². The molecular weight excluding hydrogens is 809 g/mol. The number of aliphatic hydroxyl groups excluding tert-OH is 2. The van der Waals surface area contributed by atoms with Crippen molar-refractivity contribution in [2.75, 3.05) is 0 Å². The number of allylic oxidation sites excluding steroid dienone is 2. The lowest BCUT2D eigenvalue weighted by Crippen LogP contribution is -2.60. The van der Waals surface area contributed by atoms with E-state index in [1.54, 1.807) is 27.7 Å². The fraction of sp³-hybridized carbons (Fsp3) is 0.968. The van der Waals surface area contributed by atoms with Crippen LogP contribution < -0.4 is 0 Å². The summed E-state index contributed by atoms with van der Waals surface area (Å²) >= 11 is 0. The first-order valence-corrected chi connectivity index (χ1v) is 28.7. The van der Waals surface area contributed by atoms with Crippen molar-refractivity contribution in [3.8, 4) is 0 Å². The highest BCUT2D eigenvalue weighted by molar-refractivity contribution is 5.38. The zero-order chi connectivity index (χ0) is 49.2. The lowest BCUT2D eigenvalue weighted by Gasteiger charge is -2.68. The fourth-order valence-corrected chi connectivity index (χ4v) is 20.4. The van der Waals surface area contributed by atoms with Crippen molar-refractivity contribution >= 4 is 0 Å². The van der Waals surface area contributed by atoms with Gasteiger partial charge in [-0.05, 0) is 259 Å². The second kappa shape index (κ2) is 17.7. The molecule has 0 aliphatic heterocycles. The minimum Gasteiger partial charge on any atom is -0.390 e. The van der Waals surface area contributed by atoms with Crippen LogP contribution in [0.2, 0.25) is 0 Å². The van der Waals surface area contributed by atoms with Crippen molar-refractivity contribution < 1.29 is 20.4 Å². The standard InChI is InChI=1S/C31H56O2.C31H54O2/c2*1-20(10-13-26(32)28(5,6)33)22-15-18-31(9)24-11-12-25-27(3,4)21(2)14-17-29(25,7)23(24)16-19-30(22,31)8/h20-26,32-33H,10-19H2,1-9H3;20-22,25-26,32-33H,10-19H2,1-9H3/t20?,21-,22?,23?,24?,25-,26?,29+,30+,31-;20?,21-,22?,25-,26?,29+,30+,31-/m00/s1. The van der Waals surface area contributed by atoms with E-state index >= 15 is 0 Å². The molecule has 0 aromatic carbocycles. The van der Waals surface area contributed by atoms with Gasteiger partial charge in [0, 0.05) is 0 Å². The second-order valence-electron chi connectivity index (χ2n) is 30.2. The van der Waals surface area contributed by atoms with Crippen molar-refractivity contribution in [2.24, 2.45) is 102 Å². The van der Waals surface area contributed by atoms with E-state index < -0.39 is 23.4 Å². The summed E-state index contributed by atoms with van der Waals surface area (Å²) in [7, 11) is 0. The van der Waals surface area contributed by atoms with Gasteiger partial charge in [-0.15, -0.1) is 0 Å². The average molecular weight is 920 g/mol. The van der Waals surface area contributed by atoms with Gasteiger partial charge >= 0.3 is 0 Å². The maximum absolute atomic E-state index is 10.4. The van der Waals surface area contributed by atoms with Crippen LogP contribution in [0, 0.1) is 102 Å². The quantitative estimate of drug-likeness (QED) is 0.165. The average Bonchev–Trinajstić information content (AvgIpc) is 3.67. The summed E-state index contributed by atoms with van der Waals surface area (Å²) < 4.78 is 0. The third kappa shape index (κ3) is 8.26. The van der Waals surface area contributed by atoms with Crippen LogP contribution in [-0.2, 0) is 0 Å². The maximum atomic E-state index is 10.4. The molecule has 0 saturated heterocycles. The predicted octanol–water partition coefficient (Wildman–Crippen LogP) is 15.8. The number of hydrogen-bond donors (Lipinski definition) is 4. The van der Waals surface area contributed by atoms with Gasteiger partial charge < -0.3 is 20.4 Å². The molecule has 0 spiro atoms. The van der Waals surface area contributed by atoms with E-state index in [0.717, 1.165) is 60.2 Å². The molecule has 4 nitrogen and oxygen atoms in total. The molecule has 66 heavy (non-hydrogen) atoms. The van der Waals surface area contributed by atoms with Gasteiger partial charge in [0.1, 0.15) is 0 Å². The van der Waals surface area contributed by atoms with Gasteiger partial charge in [0.2, 0.25) is 0 Å². The van der Waals surface area contributed by atoms with Crippen LogP contribution >= 0.6 is 0 Å². The summed E-state index contributed by atoms with van der Waals surface area (Å²) in [5.74, 6) is 7.90. The monoisotopic (exact) mass is 919 g/mol. The van der Waals surface area contributed by atoms with Crippen LogP contribution in [0.4, 0.5) is 0 Å². The van der Waals surface area contributed by atoms with E-state index in [1.165, 1.54) is 103 Å². The molecule has 8 rings (SSSR count). The minimum absolute atomic E-state index is 0.343. The first-order chi connectivity index (χ1) is 30.2. The lowest BCUT2D eigenvalue weighted by atomic mass is 9.37. The van der Waals surface area contributed by atoms with Gasteiger partial charge in [-0.25, -0.2) is 0 Å². The second-order valence-corrected chi connectivity index (χ2v) is 30.2. The topological polar surface area (TPSA) is 80.9 Å². The van der Waals surface area contributed by atoms with Gasteiger partial charge in [0.25, 0.3) is 0 Å². The molecule has 0 bridgehead atoms. The Balaban J connectivity index is 0.000000196. The van der Waals surface area contributed by atoms with E-state index in [-0.39, 0.29) is 0 Å². The van der Waals surface area contributed by atoms with Gasteiger partial charge in [0.05, 0.1) is 23.4 Å². The summed E-state index contributed by atoms with van der Waals surface area (Å²) in [6.07, 6.45) is 24.4. The number of hydrogen-bond acceptors (Lipinski definition) is 4. The van der Waals surface area contributed by atoms with E-state index in [9.17, 15) is 20.4 Å². The Kier molecular flexibility index (Phi) is 14.3. The van der Waals surface area contributed by atoms with Crippen molar-refractivity contribution in [3.05, 3.63) is 11.1 Å². The van der Waals surface area contributed by atoms with Gasteiger partial charge in [-0.2, -0.15) is 0 Å². The third-order valence-electron chi connectivity index (χ3n) is 26.2. The third-order valence-corrected chi connectivity index (χ3v) is 26.2. The van der Waals surface area contributed by atoms with Crippen LogP contribution in [0.15, 0.2) is 11.1 Å². The van der Waals surface area contributed by atoms with Crippen molar-refractivity contribution in [3.63, 3.8) is 0 Å². The Hall–Kier alpha value is -0.420. The highest BCUT2D eigenvalue weighted by Gasteiger charge is 2.68. The maximum Gasteiger partial charge on any atom is 0.0849 e. The van der Waals surface area contributed by atoms with Crippen LogP contribution in [0.5, 0.6) is 0 Å². The van der Waals surface area contributed by atoms with Gasteiger partial charge in [-0.3, -0.25) is 0 Å². The van der Waals surface area contributed by atoms with E-state index in [4.69, 9.17) is 0 Å². The molecule has 0 aromatic rings. The van der Waals surface area contributed by atoms with E-state index in [2.05, 4.69) is 96.9 Å². The van der Waals surface area contributed by atoms with Crippen LogP contribution in [-0.4, -0.2) is 43.8 Å². The molecular formula is C62H110O4. The highest BCUT2D eigenvalue weighted by Crippen LogP contribution is 2.76. The summed E-state index contributed by atoms with van der Waals surface area (Å²) in [5.41, 5.74) is 5.24. The number of fused-ring (bicyclic) bond motifs is 9. The summed E-state index contributed by atoms with van der Waals surface area (Å²) in [5, 5.41) is 41.2. The van der Waals surface area contributed by atoms with Crippen molar-refractivity contribution in [1.29, 1.82) is 0 Å². The largest absolute Gasteiger partial charge is 0.390 e. The number of rotatable bonds is 10. The Labute approximate surface area is 408 Å². The van der Waals surface area contributed by atoms with Gasteiger partial charge in [-0.1, -0.05) is 108 Å². The normalized spacial score (nSPS) is 46.8. The zero-order valence-electron chi connectivity index (χ0n) is 46.9. The van der Waals surface area contributed by atoms with Crippen LogP contribution in [0.3, 0.4) is 0 Å². The Morgan fingerprint density at radius 1 is 0.485 bits per heavy atom. The summed E-state index contributed by atoms with van der Waals surface area (Å²) in [6, 6.07) is 0. The van der Waals surface area contributed by atoms with Crippen LogP contribution in [0.1, 0.15) is 253 Å². The zero-order valence-corrected chi connectivity index (χ0v) is 46.9. The molecule has 4 N–H and O–H groups in total. The highest BCUT2D eigenvalue weighted by atomic mass is 16.3. The molecule has 382 valence electrons. The molecule has 8 unspecified atom stereocenters. The van der Waals surface area contributed by atoms with Crippen LogP contribution in [0.25, 0.3) is 0 Å². The molecule has 6 fully saturated rings. The Morgan fingerprint density at radius 2 is 0.985 bits per heavy atom. The minimum atomic E-state index is -1.00. The molecule has 0 amide bonds. The molecule has 6 saturated carbocycles. The molecule has 0 heterocycles. The van der Waals surface area contributed by atoms with Gasteiger partial charge in [0.15, 0.2) is 0 Å². The van der Waals surface area contributed by atoms with E-state index in [0.29, 0.717) is 68.0 Å². The molecule has 0 radical (unpaired) electrons. The molecule has 8 aliphatic rings. The Morgan fingerprint density at radius 3 is 1.55 bits per heavy atom. The Bertz CT molecular complexity index is 1760. The first kappa shape index (κ1) is 53.4. The van der Waals surface area contributed by atoms with Crippen molar-refractivity contribution in [1.82, 2.24) is 0 Å². The SMILES string of the molecule is CC(CCC(O)C(C)(C)O)C1CC[C@@]2(C)C3=C(CC[C@]12C)[C@@]1(C)CC[C@H](C)C(C)(C)[C@@H]1CC3.CC(CCC(O)C(C)(C)O)C1CC[C@@]2(C)C3CC[C@H]4C(C)(C)[C@@H](C)CC[C@]4(C)C3CC[C@]12C. The fourth-order valence-electron chi connectivity index (χ4n) is 20.4. The predicted molar refractivity (Wildman–Crippen MR) is 278 cm³/mol. The smallest absolute Gasteiger partial charge is 0.0849 e. The van der Waals surface area contributed by atoms with Crippen molar-refractivity contribution in [2.45, 2.75) is 276 Å². The summed E-state index contributed by atoms with van der Waals surface area (Å²) in [4.78, 5) is 0. The number of aliphatic hydroxyl groups is 4. The summed E-state index contributed by atoms with van der Waals surface area (Å²) in [6.45, 7) is 43.1. The molecule has 8 aliphatic carbocycles. The first-order valence-electron chi connectivity index (χ1n) is 28.7.